The molecule has 0 spiro atoms. The van der Waals surface area contributed by atoms with Crippen LogP contribution in [0.15, 0.2) is 60.7 Å². The molecule has 3 rings (SSSR count). The van der Waals surface area contributed by atoms with Crippen molar-refractivity contribution >= 4 is 7.71 Å². The number of benzene rings is 2. The molecule has 0 aromatic heterocycles. The highest BCUT2D eigenvalue weighted by molar-refractivity contribution is 7.69. The van der Waals surface area contributed by atoms with Crippen molar-refractivity contribution in [3.8, 4) is 0 Å². The molecule has 1 heterocycles. The number of hydrogen-bond donors (Lipinski definition) is 0. The van der Waals surface area contributed by atoms with Crippen LogP contribution in [0.4, 0.5) is 0 Å². The SMILES string of the molecule is CCN(CC)[P+]1(N(CC)CC)C(c2ccccc2)N(C)C(c2ccccc2)N1C. The Morgan fingerprint density at radius 2 is 1.10 bits per heavy atom. The van der Waals surface area contributed by atoms with Crippen LogP contribution in [0, 0.1) is 0 Å². The first kappa shape index (κ1) is 22.4. The van der Waals surface area contributed by atoms with E-state index in [1.165, 1.54) is 11.1 Å². The molecule has 1 aliphatic rings. The smallest absolute Gasteiger partial charge is 0.241 e. The molecule has 0 N–H and O–H groups in total. The van der Waals surface area contributed by atoms with Crippen LogP contribution in [-0.4, -0.2) is 59.2 Å². The van der Waals surface area contributed by atoms with Crippen LogP contribution in [0.2, 0.25) is 0 Å². The van der Waals surface area contributed by atoms with Crippen LogP contribution >= 0.6 is 7.71 Å². The van der Waals surface area contributed by atoms with Crippen molar-refractivity contribution in [2.75, 3.05) is 40.3 Å². The maximum atomic E-state index is 2.76. The molecular formula is C24H38N4P+. The third-order valence-electron chi connectivity index (χ3n) is 6.41. The van der Waals surface area contributed by atoms with Crippen LogP contribution in [0.1, 0.15) is 50.8 Å². The molecule has 2 unspecified atom stereocenters. The van der Waals surface area contributed by atoms with Crippen molar-refractivity contribution < 1.29 is 0 Å². The Morgan fingerprint density at radius 3 is 1.52 bits per heavy atom. The molecule has 0 saturated carbocycles. The molecule has 1 saturated heterocycles. The maximum absolute atomic E-state index is 2.76. The van der Waals surface area contributed by atoms with Gasteiger partial charge in [-0.15, -0.1) is 14.0 Å². The average molecular weight is 414 g/mol. The molecule has 158 valence electrons. The fourth-order valence-corrected chi connectivity index (χ4v) is 10.9. The first-order valence-corrected chi connectivity index (χ1v) is 12.7. The summed E-state index contributed by atoms with van der Waals surface area (Å²) < 4.78 is 8.24. The van der Waals surface area contributed by atoms with E-state index in [4.69, 9.17) is 0 Å². The van der Waals surface area contributed by atoms with Gasteiger partial charge in [0.15, 0.2) is 5.78 Å². The van der Waals surface area contributed by atoms with Crippen LogP contribution in [0.3, 0.4) is 0 Å². The lowest BCUT2D eigenvalue weighted by Crippen LogP contribution is -2.43. The summed E-state index contributed by atoms with van der Waals surface area (Å²) in [7, 11) is 2.84. The minimum atomic E-state index is -1.84. The Hall–Kier alpha value is -1.29. The number of nitrogens with zero attached hydrogens (tertiary/aromatic N) is 4. The van der Waals surface area contributed by atoms with Gasteiger partial charge in [0, 0.05) is 38.8 Å². The molecule has 5 heteroatoms. The van der Waals surface area contributed by atoms with Crippen LogP contribution in [0.25, 0.3) is 0 Å². The van der Waals surface area contributed by atoms with Crippen LogP contribution in [-0.2, 0) is 0 Å². The van der Waals surface area contributed by atoms with E-state index in [1.54, 1.807) is 0 Å². The van der Waals surface area contributed by atoms with E-state index in [0.717, 1.165) is 26.2 Å². The molecule has 2 atom stereocenters. The normalized spacial score (nSPS) is 22.6. The van der Waals surface area contributed by atoms with Gasteiger partial charge in [0.05, 0.1) is 0 Å². The summed E-state index contributed by atoms with van der Waals surface area (Å²) in [5.74, 6) is 0.346. The van der Waals surface area contributed by atoms with Crippen molar-refractivity contribution in [3.05, 3.63) is 71.8 Å². The molecule has 29 heavy (non-hydrogen) atoms. The van der Waals surface area contributed by atoms with Crippen molar-refractivity contribution in [2.24, 2.45) is 0 Å². The van der Waals surface area contributed by atoms with Gasteiger partial charge >= 0.3 is 0 Å². The van der Waals surface area contributed by atoms with Gasteiger partial charge in [-0.2, -0.15) is 0 Å². The van der Waals surface area contributed by atoms with E-state index < -0.39 is 7.71 Å². The largest absolute Gasteiger partial charge is 0.251 e. The number of rotatable bonds is 8. The third kappa shape index (κ3) is 3.66. The summed E-state index contributed by atoms with van der Waals surface area (Å²) in [6, 6.07) is 22.2. The van der Waals surface area contributed by atoms with Crippen molar-refractivity contribution in [1.29, 1.82) is 0 Å². The molecule has 1 aliphatic heterocycles. The Labute approximate surface area is 178 Å². The van der Waals surface area contributed by atoms with Gasteiger partial charge < -0.3 is 0 Å². The van der Waals surface area contributed by atoms with Crippen molar-refractivity contribution in [1.82, 2.24) is 18.9 Å². The van der Waals surface area contributed by atoms with Gasteiger partial charge in [0.1, 0.15) is 6.17 Å². The van der Waals surface area contributed by atoms with Crippen molar-refractivity contribution in [3.63, 3.8) is 0 Å². The summed E-state index contributed by atoms with van der Waals surface area (Å²) >= 11 is 0. The van der Waals surface area contributed by atoms with E-state index in [2.05, 4.69) is 121 Å². The van der Waals surface area contributed by atoms with E-state index in [0.29, 0.717) is 5.78 Å². The fourth-order valence-electron chi connectivity index (χ4n) is 5.28. The molecule has 0 bridgehead atoms. The molecule has 0 radical (unpaired) electrons. The number of hydrogen-bond acceptors (Lipinski definition) is 4. The Kier molecular flexibility index (Phi) is 7.47. The first-order valence-electron chi connectivity index (χ1n) is 11.0. The van der Waals surface area contributed by atoms with Gasteiger partial charge in [-0.05, 0) is 40.3 Å². The molecule has 2 aromatic carbocycles. The van der Waals surface area contributed by atoms with Gasteiger partial charge in [-0.1, -0.05) is 60.7 Å². The van der Waals surface area contributed by atoms with E-state index in [-0.39, 0.29) is 6.17 Å². The topological polar surface area (TPSA) is 13.0 Å². The molecule has 2 aromatic rings. The third-order valence-corrected chi connectivity index (χ3v) is 11.7. The van der Waals surface area contributed by atoms with E-state index >= 15 is 0 Å². The molecule has 0 aliphatic carbocycles. The predicted octanol–water partition coefficient (Wildman–Crippen LogP) is 5.71. The lowest BCUT2D eigenvalue weighted by Gasteiger charge is -2.45. The molecule has 1 fully saturated rings. The zero-order chi connectivity index (χ0) is 21.0. The van der Waals surface area contributed by atoms with Gasteiger partial charge in [0.2, 0.25) is 0 Å². The predicted molar refractivity (Wildman–Crippen MR) is 127 cm³/mol. The van der Waals surface area contributed by atoms with Gasteiger partial charge in [-0.3, -0.25) is 0 Å². The molecule has 4 nitrogen and oxygen atoms in total. The standard InChI is InChI=1S/C24H38N4P/c1-7-27(8-2)29(28(9-3)10-4)24(22-19-15-12-16-20-22)25(5)23(26(29)6)21-17-13-11-14-18-21/h11-20,23-24H,7-10H2,1-6H3/q+1. The summed E-state index contributed by atoms with van der Waals surface area (Å²) in [5, 5.41) is 0. The monoisotopic (exact) mass is 413 g/mol. The fraction of sp³-hybridized carbons (Fsp3) is 0.500. The molecule has 0 amide bonds. The zero-order valence-corrected chi connectivity index (χ0v) is 19.9. The minimum absolute atomic E-state index is 0.260. The van der Waals surface area contributed by atoms with E-state index in [9.17, 15) is 0 Å². The lowest BCUT2D eigenvalue weighted by atomic mass is 10.1. The second-order valence-electron chi connectivity index (χ2n) is 7.70. The summed E-state index contributed by atoms with van der Waals surface area (Å²) in [6.07, 6.45) is 0.260. The second kappa shape index (κ2) is 9.68. The Morgan fingerprint density at radius 1 is 0.690 bits per heavy atom. The van der Waals surface area contributed by atoms with Gasteiger partial charge in [-0.25, -0.2) is 4.90 Å². The quantitative estimate of drug-likeness (QED) is 0.514. The first-order chi connectivity index (χ1) is 14.1. The van der Waals surface area contributed by atoms with Gasteiger partial charge in [0.25, 0.3) is 7.71 Å². The minimum Gasteiger partial charge on any atom is -0.241 e. The van der Waals surface area contributed by atoms with E-state index in [1.807, 2.05) is 0 Å². The lowest BCUT2D eigenvalue weighted by molar-refractivity contribution is 0.176. The maximum Gasteiger partial charge on any atom is 0.251 e. The highest BCUT2D eigenvalue weighted by atomic mass is 31.2. The van der Waals surface area contributed by atoms with Crippen LogP contribution in [0.5, 0.6) is 0 Å². The van der Waals surface area contributed by atoms with Crippen LogP contribution < -0.4 is 0 Å². The Bertz CT molecular complexity index is 734. The highest BCUT2D eigenvalue weighted by Crippen LogP contribution is 2.82. The second-order valence-corrected chi connectivity index (χ2v) is 11.2. The average Bonchev–Trinajstić information content (AvgIpc) is 2.98. The molecular weight excluding hydrogens is 375 g/mol. The zero-order valence-electron chi connectivity index (χ0n) is 19.0. The summed E-state index contributed by atoms with van der Waals surface area (Å²) in [5.41, 5.74) is 2.80. The highest BCUT2D eigenvalue weighted by Gasteiger charge is 2.69. The van der Waals surface area contributed by atoms with Crippen molar-refractivity contribution in [2.45, 2.75) is 39.6 Å². The summed E-state index contributed by atoms with van der Waals surface area (Å²) in [4.78, 5) is 2.62. The summed E-state index contributed by atoms with van der Waals surface area (Å²) in [6.45, 7) is 13.5. The Balaban J connectivity index is 2.27.